The molecular weight excluding hydrogens is 815 g/mol. The zero-order valence-electron chi connectivity index (χ0n) is 33.1. The van der Waals surface area contributed by atoms with Gasteiger partial charge in [-0.15, -0.1) is 0 Å². The summed E-state index contributed by atoms with van der Waals surface area (Å²) in [6.07, 6.45) is -1.16. The second-order valence-electron chi connectivity index (χ2n) is 15.6. The van der Waals surface area contributed by atoms with Crippen molar-refractivity contribution < 1.29 is 51.7 Å². The van der Waals surface area contributed by atoms with Crippen molar-refractivity contribution in [1.82, 2.24) is 36.2 Å². The molecule has 0 aliphatic heterocycles. The van der Waals surface area contributed by atoms with Gasteiger partial charge in [0, 0.05) is 35.4 Å². The van der Waals surface area contributed by atoms with E-state index >= 15 is 0 Å². The number of benzene rings is 2. The van der Waals surface area contributed by atoms with Gasteiger partial charge in [0.2, 0.25) is 11.9 Å². The Balaban J connectivity index is 1.09. The van der Waals surface area contributed by atoms with Crippen LogP contribution in [0.3, 0.4) is 0 Å². The zero-order valence-corrected chi connectivity index (χ0v) is 33.8. The lowest BCUT2D eigenvalue weighted by molar-refractivity contribution is -0.154. The molecule has 2 saturated carbocycles. The summed E-state index contributed by atoms with van der Waals surface area (Å²) in [5.41, 5.74) is 0.0914. The second kappa shape index (κ2) is 19.4. The van der Waals surface area contributed by atoms with Gasteiger partial charge in [-0.2, -0.15) is 28.1 Å². The molecule has 4 amide bonds. The number of hydrogen-bond acceptors (Lipinski definition) is 12. The molecule has 60 heavy (non-hydrogen) atoms. The summed E-state index contributed by atoms with van der Waals surface area (Å²) in [4.78, 5) is 74.1. The highest BCUT2D eigenvalue weighted by Gasteiger charge is 2.45. The van der Waals surface area contributed by atoms with E-state index in [1.165, 1.54) is 24.3 Å². The third-order valence-electron chi connectivity index (χ3n) is 9.53. The van der Waals surface area contributed by atoms with Gasteiger partial charge in [0.15, 0.2) is 6.61 Å². The fourth-order valence-corrected chi connectivity index (χ4v) is 6.44. The van der Waals surface area contributed by atoms with Crippen molar-refractivity contribution in [1.29, 1.82) is 0 Å². The number of carboxylic acid groups (broad SMARTS) is 1. The minimum Gasteiger partial charge on any atom is -0.480 e. The van der Waals surface area contributed by atoms with E-state index in [0.29, 0.717) is 36.4 Å². The highest BCUT2D eigenvalue weighted by molar-refractivity contribution is 6.35. The van der Waals surface area contributed by atoms with Crippen molar-refractivity contribution in [2.45, 2.75) is 95.1 Å². The number of aromatic nitrogens is 3. The first-order valence-electron chi connectivity index (χ1n) is 19.2. The zero-order chi connectivity index (χ0) is 43.7. The Bertz CT molecular complexity index is 2010. The summed E-state index contributed by atoms with van der Waals surface area (Å²) >= 11 is 6.03. The number of aliphatic carboxylic acids is 1. The Labute approximate surface area is 348 Å². The maximum Gasteiger partial charge on any atom is 0.422 e. The Morgan fingerprint density at radius 3 is 2.12 bits per heavy atom. The molecule has 0 spiro atoms. The number of halogens is 4. The van der Waals surface area contributed by atoms with Gasteiger partial charge in [0.1, 0.15) is 11.6 Å². The maximum absolute atomic E-state index is 13.0. The SMILES string of the molecule is CC(C)(C)OC(=O)NC1CCC(CNC(=O)C(=O)NCC[C@H](NC(=O)c2ccc(Nc3nc(NC4(c5ccc(Cl)cc5)CC4)nc(OCC(F)(F)F)n3)cc2)C(=O)O)CC1. The van der Waals surface area contributed by atoms with Crippen molar-refractivity contribution in [2.24, 2.45) is 5.92 Å². The Hall–Kier alpha value is -5.92. The van der Waals surface area contributed by atoms with E-state index in [2.05, 4.69) is 46.9 Å². The molecule has 1 atom stereocenters. The van der Waals surface area contributed by atoms with Gasteiger partial charge in [-0.25, -0.2) is 9.59 Å². The number of nitrogens with zero attached hydrogens (tertiary/aromatic N) is 3. The van der Waals surface area contributed by atoms with Gasteiger partial charge < -0.3 is 46.5 Å². The monoisotopic (exact) mass is 861 g/mol. The average Bonchev–Trinajstić information content (AvgIpc) is 3.95. The van der Waals surface area contributed by atoms with Gasteiger partial charge >= 0.3 is 36.1 Å². The second-order valence-corrected chi connectivity index (χ2v) is 16.0. The lowest BCUT2D eigenvalue weighted by atomic mass is 9.86. The largest absolute Gasteiger partial charge is 0.480 e. The van der Waals surface area contributed by atoms with E-state index in [1.807, 2.05) is 12.1 Å². The maximum atomic E-state index is 13.0. The molecule has 0 radical (unpaired) electrons. The van der Waals surface area contributed by atoms with Crippen molar-refractivity contribution >= 4 is 59.0 Å². The Kier molecular flexibility index (Phi) is 14.6. The molecular formula is C39H47ClF3N9O8. The van der Waals surface area contributed by atoms with Crippen LogP contribution in [0.1, 0.15) is 81.6 Å². The van der Waals surface area contributed by atoms with Crippen molar-refractivity contribution in [3.63, 3.8) is 0 Å². The summed E-state index contributed by atoms with van der Waals surface area (Å²) in [5.74, 6) is -4.06. The fraction of sp³-hybridized carbons (Fsp3) is 0.487. The molecule has 2 aliphatic carbocycles. The highest BCUT2D eigenvalue weighted by atomic mass is 35.5. The molecule has 21 heteroatoms. The van der Waals surface area contributed by atoms with Crippen molar-refractivity contribution in [3.8, 4) is 6.01 Å². The average molecular weight is 862 g/mol. The minimum atomic E-state index is -4.65. The standard InChI is InChI=1S/C39H47ClF3N9O8/c1-37(2,3)60-36(58)47-27-12-4-22(5-13-27)20-45-31(55)30(54)44-19-16-28(32(56)57)48-29(53)23-6-14-26(15-7-23)46-33-49-34(51-35(50-33)59-21-39(41,42)43)52-38(17-18-38)24-8-10-25(40)11-9-24/h6-11,14-15,22,27-28H,4-5,12-13,16-21H2,1-3H3,(H,44,54)(H,45,55)(H,47,58)(H,48,53)(H,56,57)(H2,46,49,50,51,52)/t22?,27?,28-/m0/s1. The first-order chi connectivity index (χ1) is 28.3. The van der Waals surface area contributed by atoms with Crippen LogP contribution in [0.25, 0.3) is 0 Å². The van der Waals surface area contributed by atoms with Crippen LogP contribution in [0.2, 0.25) is 5.02 Å². The molecule has 2 aliphatic rings. The normalized spacial score (nSPS) is 17.6. The number of amides is 4. The molecule has 5 rings (SSSR count). The number of alkyl carbamates (subject to hydrolysis) is 1. The summed E-state index contributed by atoms with van der Waals surface area (Å²) in [5, 5.41) is 26.5. The minimum absolute atomic E-state index is 0.0460. The van der Waals surface area contributed by atoms with Gasteiger partial charge in [0.25, 0.3) is 5.91 Å². The van der Waals surface area contributed by atoms with Crippen LogP contribution in [0.5, 0.6) is 6.01 Å². The van der Waals surface area contributed by atoms with Gasteiger partial charge in [0.05, 0.1) is 5.54 Å². The van der Waals surface area contributed by atoms with Gasteiger partial charge in [-0.05, 0) is 114 Å². The summed E-state index contributed by atoms with van der Waals surface area (Å²) in [7, 11) is 0. The van der Waals surface area contributed by atoms with Gasteiger partial charge in [-0.3, -0.25) is 14.4 Å². The molecule has 7 N–H and O–H groups in total. The number of alkyl halides is 3. The molecule has 0 bridgehead atoms. The first kappa shape index (κ1) is 45.2. The fourth-order valence-electron chi connectivity index (χ4n) is 6.32. The lowest BCUT2D eigenvalue weighted by Gasteiger charge is -2.30. The lowest BCUT2D eigenvalue weighted by Crippen LogP contribution is -2.46. The molecule has 17 nitrogen and oxygen atoms in total. The number of ether oxygens (including phenoxy) is 2. The number of rotatable bonds is 16. The topological polar surface area (TPSA) is 235 Å². The quantitative estimate of drug-likeness (QED) is 0.0919. The molecule has 324 valence electrons. The Morgan fingerprint density at radius 2 is 1.52 bits per heavy atom. The number of carboxylic acids is 1. The predicted octanol–water partition coefficient (Wildman–Crippen LogP) is 5.20. The molecule has 1 heterocycles. The number of carbonyl (C=O) groups excluding carboxylic acids is 4. The van der Waals surface area contributed by atoms with E-state index in [1.54, 1.807) is 32.9 Å². The van der Waals surface area contributed by atoms with Crippen LogP contribution in [0.4, 0.5) is 35.5 Å². The third-order valence-corrected chi connectivity index (χ3v) is 9.78. The van der Waals surface area contributed by atoms with E-state index in [9.17, 15) is 42.3 Å². The van der Waals surface area contributed by atoms with Crippen LogP contribution in [-0.4, -0.2) is 93.4 Å². The van der Waals surface area contributed by atoms with E-state index in [4.69, 9.17) is 21.1 Å². The van der Waals surface area contributed by atoms with E-state index < -0.39 is 65.8 Å². The first-order valence-corrected chi connectivity index (χ1v) is 19.6. The van der Waals surface area contributed by atoms with Crippen LogP contribution < -0.4 is 36.6 Å². The predicted molar refractivity (Wildman–Crippen MR) is 212 cm³/mol. The van der Waals surface area contributed by atoms with Gasteiger partial charge in [-0.1, -0.05) is 23.7 Å². The highest BCUT2D eigenvalue weighted by Crippen LogP contribution is 2.48. The molecule has 0 saturated heterocycles. The molecule has 1 aromatic heterocycles. The van der Waals surface area contributed by atoms with Crippen molar-refractivity contribution in [3.05, 3.63) is 64.7 Å². The van der Waals surface area contributed by atoms with Crippen LogP contribution in [-0.2, 0) is 24.7 Å². The molecule has 2 aromatic carbocycles. The summed E-state index contributed by atoms with van der Waals surface area (Å²) in [6, 6.07) is 10.7. The molecule has 3 aromatic rings. The number of anilines is 3. The third kappa shape index (κ3) is 14.1. The van der Waals surface area contributed by atoms with Crippen LogP contribution in [0, 0.1) is 5.92 Å². The summed E-state index contributed by atoms with van der Waals surface area (Å²) in [6.45, 7) is 3.73. The number of hydrogen-bond donors (Lipinski definition) is 7. The smallest absolute Gasteiger partial charge is 0.422 e. The van der Waals surface area contributed by atoms with E-state index in [0.717, 1.165) is 18.4 Å². The number of carbonyl (C=O) groups is 5. The molecule has 0 unspecified atom stereocenters. The van der Waals surface area contributed by atoms with E-state index in [-0.39, 0.29) is 48.9 Å². The number of nitrogens with one attached hydrogen (secondary N) is 6. The van der Waals surface area contributed by atoms with Crippen LogP contribution >= 0.6 is 11.6 Å². The Morgan fingerprint density at radius 1 is 0.883 bits per heavy atom. The summed E-state index contributed by atoms with van der Waals surface area (Å²) < 4.78 is 49.0. The van der Waals surface area contributed by atoms with Crippen LogP contribution in [0.15, 0.2) is 48.5 Å². The van der Waals surface area contributed by atoms with Crippen molar-refractivity contribution in [2.75, 3.05) is 30.3 Å². The molecule has 2 fully saturated rings.